The number of furan rings is 1. The Morgan fingerprint density at radius 1 is 1.25 bits per heavy atom. The lowest BCUT2D eigenvalue weighted by Gasteiger charge is -2.13. The minimum Gasteiger partial charge on any atom is -0.472 e. The summed E-state index contributed by atoms with van der Waals surface area (Å²) in [5.41, 5.74) is 4.00. The van der Waals surface area contributed by atoms with Gasteiger partial charge < -0.3 is 4.42 Å². The Hall–Kier alpha value is -0.800. The van der Waals surface area contributed by atoms with Gasteiger partial charge in [0.15, 0.2) is 0 Å². The summed E-state index contributed by atoms with van der Waals surface area (Å²) < 4.78 is 5.06. The molecule has 1 aromatic heterocycles. The molecule has 1 rings (SSSR count). The van der Waals surface area contributed by atoms with Crippen molar-refractivity contribution in [3.05, 3.63) is 24.2 Å². The van der Waals surface area contributed by atoms with Crippen molar-refractivity contribution in [3.8, 4) is 0 Å². The first-order valence-corrected chi connectivity index (χ1v) is 6.36. The molecular formula is C13H24N2O. The number of nitrogens with one attached hydrogen (secondary N) is 1. The van der Waals surface area contributed by atoms with E-state index in [1.54, 1.807) is 12.5 Å². The van der Waals surface area contributed by atoms with Gasteiger partial charge >= 0.3 is 0 Å². The number of unbranched alkanes of at least 4 members (excludes halogenated alkanes) is 5. The zero-order valence-corrected chi connectivity index (χ0v) is 10.2. The molecule has 1 aromatic rings. The highest BCUT2D eigenvalue weighted by molar-refractivity contribution is 5.10. The van der Waals surface area contributed by atoms with Crippen LogP contribution in [0, 0.1) is 0 Å². The predicted molar refractivity (Wildman–Crippen MR) is 66.8 cm³/mol. The molecule has 3 heteroatoms. The maximum atomic E-state index is 5.53. The molecule has 3 N–H and O–H groups in total. The lowest BCUT2D eigenvalue weighted by Crippen LogP contribution is -2.27. The van der Waals surface area contributed by atoms with E-state index in [1.165, 1.54) is 38.5 Å². The quantitative estimate of drug-likeness (QED) is 0.383. The first kappa shape index (κ1) is 13.3. The fourth-order valence-electron chi connectivity index (χ4n) is 1.95. The SMILES string of the molecule is CCCCCCCCC(NN)c1ccoc1. The van der Waals surface area contributed by atoms with Crippen molar-refractivity contribution in [2.45, 2.75) is 57.9 Å². The van der Waals surface area contributed by atoms with Crippen LogP contribution in [0.2, 0.25) is 0 Å². The van der Waals surface area contributed by atoms with Crippen LogP contribution in [0.1, 0.15) is 63.5 Å². The Morgan fingerprint density at radius 3 is 2.62 bits per heavy atom. The minimum absolute atomic E-state index is 0.241. The van der Waals surface area contributed by atoms with E-state index in [1.807, 2.05) is 6.07 Å². The van der Waals surface area contributed by atoms with Crippen molar-refractivity contribution in [1.82, 2.24) is 5.43 Å². The van der Waals surface area contributed by atoms with E-state index in [0.29, 0.717) is 0 Å². The van der Waals surface area contributed by atoms with E-state index >= 15 is 0 Å². The lowest BCUT2D eigenvalue weighted by molar-refractivity contribution is 0.470. The summed E-state index contributed by atoms with van der Waals surface area (Å²) in [5, 5.41) is 0. The highest BCUT2D eigenvalue weighted by Gasteiger charge is 2.09. The second kappa shape index (κ2) is 8.36. The smallest absolute Gasteiger partial charge is 0.0950 e. The van der Waals surface area contributed by atoms with Crippen LogP contribution in [-0.4, -0.2) is 0 Å². The van der Waals surface area contributed by atoms with Crippen molar-refractivity contribution in [2.75, 3.05) is 0 Å². The van der Waals surface area contributed by atoms with Gasteiger partial charge in [-0.05, 0) is 12.5 Å². The van der Waals surface area contributed by atoms with Gasteiger partial charge in [-0.25, -0.2) is 0 Å². The Morgan fingerprint density at radius 2 is 2.00 bits per heavy atom. The zero-order valence-electron chi connectivity index (χ0n) is 10.2. The van der Waals surface area contributed by atoms with Crippen molar-refractivity contribution in [1.29, 1.82) is 0 Å². The maximum absolute atomic E-state index is 5.53. The molecule has 0 saturated heterocycles. The van der Waals surface area contributed by atoms with E-state index < -0.39 is 0 Å². The third-order valence-corrected chi connectivity index (χ3v) is 2.99. The molecule has 0 aliphatic carbocycles. The normalized spacial score (nSPS) is 12.9. The van der Waals surface area contributed by atoms with E-state index in [-0.39, 0.29) is 6.04 Å². The topological polar surface area (TPSA) is 51.2 Å². The van der Waals surface area contributed by atoms with Gasteiger partial charge in [-0.15, -0.1) is 0 Å². The van der Waals surface area contributed by atoms with Gasteiger partial charge in [0.05, 0.1) is 12.5 Å². The van der Waals surface area contributed by atoms with Crippen LogP contribution < -0.4 is 11.3 Å². The van der Waals surface area contributed by atoms with E-state index in [2.05, 4.69) is 12.3 Å². The van der Waals surface area contributed by atoms with Gasteiger partial charge in [0.25, 0.3) is 0 Å². The van der Waals surface area contributed by atoms with Gasteiger partial charge in [0, 0.05) is 11.6 Å². The minimum atomic E-state index is 0.241. The molecule has 0 radical (unpaired) electrons. The Kier molecular flexibility index (Phi) is 6.93. The number of hydrazine groups is 1. The Labute approximate surface area is 98.4 Å². The molecule has 16 heavy (non-hydrogen) atoms. The molecule has 1 heterocycles. The first-order chi connectivity index (χ1) is 7.88. The van der Waals surface area contributed by atoms with Crippen LogP contribution in [0.5, 0.6) is 0 Å². The number of hydrogen-bond donors (Lipinski definition) is 2. The third-order valence-electron chi connectivity index (χ3n) is 2.99. The third kappa shape index (κ3) is 4.81. The predicted octanol–water partition coefficient (Wildman–Crippen LogP) is 3.53. The summed E-state index contributed by atoms with van der Waals surface area (Å²) in [6, 6.07) is 2.21. The molecular weight excluding hydrogens is 200 g/mol. The van der Waals surface area contributed by atoms with Crippen LogP contribution in [0.25, 0.3) is 0 Å². The van der Waals surface area contributed by atoms with Crippen LogP contribution >= 0.6 is 0 Å². The molecule has 0 aliphatic heterocycles. The van der Waals surface area contributed by atoms with Gasteiger partial charge in [-0.2, -0.15) is 0 Å². The van der Waals surface area contributed by atoms with Gasteiger partial charge in [0.1, 0.15) is 0 Å². The monoisotopic (exact) mass is 224 g/mol. The van der Waals surface area contributed by atoms with E-state index in [0.717, 1.165) is 12.0 Å². The highest BCUT2D eigenvalue weighted by Crippen LogP contribution is 2.19. The average molecular weight is 224 g/mol. The fourth-order valence-corrected chi connectivity index (χ4v) is 1.95. The molecule has 1 unspecified atom stereocenters. The van der Waals surface area contributed by atoms with Crippen LogP contribution in [0.4, 0.5) is 0 Å². The largest absolute Gasteiger partial charge is 0.472 e. The average Bonchev–Trinajstić information content (AvgIpc) is 2.82. The van der Waals surface area contributed by atoms with Crippen LogP contribution in [0.3, 0.4) is 0 Å². The fraction of sp³-hybridized carbons (Fsp3) is 0.692. The van der Waals surface area contributed by atoms with Crippen molar-refractivity contribution >= 4 is 0 Å². The molecule has 0 aliphatic rings. The zero-order chi connectivity index (χ0) is 11.6. The summed E-state index contributed by atoms with van der Waals surface area (Å²) in [4.78, 5) is 0. The van der Waals surface area contributed by atoms with Gasteiger partial charge in [0.2, 0.25) is 0 Å². The summed E-state index contributed by atoms with van der Waals surface area (Å²) in [7, 11) is 0. The standard InChI is InChI=1S/C13H24N2O/c1-2-3-4-5-6-7-8-13(15-14)12-9-10-16-11-12/h9-11,13,15H,2-8,14H2,1H3. The van der Waals surface area contributed by atoms with Crippen LogP contribution in [0.15, 0.2) is 23.0 Å². The van der Waals surface area contributed by atoms with E-state index in [9.17, 15) is 0 Å². The summed E-state index contributed by atoms with van der Waals surface area (Å²) in [5.74, 6) is 5.53. The molecule has 0 amide bonds. The molecule has 0 spiro atoms. The van der Waals surface area contributed by atoms with Crippen molar-refractivity contribution in [2.24, 2.45) is 5.84 Å². The second-order valence-corrected chi connectivity index (χ2v) is 4.33. The Balaban J connectivity index is 2.11. The molecule has 0 bridgehead atoms. The number of nitrogens with two attached hydrogens (primary N) is 1. The number of hydrogen-bond acceptors (Lipinski definition) is 3. The van der Waals surface area contributed by atoms with Gasteiger partial charge in [-0.3, -0.25) is 11.3 Å². The molecule has 92 valence electrons. The molecule has 1 atom stereocenters. The molecule has 0 saturated carbocycles. The summed E-state index contributed by atoms with van der Waals surface area (Å²) >= 11 is 0. The summed E-state index contributed by atoms with van der Waals surface area (Å²) in [6.07, 6.45) is 12.5. The second-order valence-electron chi connectivity index (χ2n) is 4.33. The summed E-state index contributed by atoms with van der Waals surface area (Å²) in [6.45, 7) is 2.24. The van der Waals surface area contributed by atoms with Crippen molar-refractivity contribution < 1.29 is 4.42 Å². The molecule has 3 nitrogen and oxygen atoms in total. The maximum Gasteiger partial charge on any atom is 0.0950 e. The van der Waals surface area contributed by atoms with Crippen molar-refractivity contribution in [3.63, 3.8) is 0 Å². The highest BCUT2D eigenvalue weighted by atomic mass is 16.3. The first-order valence-electron chi connectivity index (χ1n) is 6.36. The molecule has 0 aromatic carbocycles. The lowest BCUT2D eigenvalue weighted by atomic mass is 10.0. The Bertz CT molecular complexity index is 246. The van der Waals surface area contributed by atoms with Crippen LogP contribution in [-0.2, 0) is 0 Å². The molecule has 0 fully saturated rings. The van der Waals surface area contributed by atoms with Gasteiger partial charge in [-0.1, -0.05) is 45.4 Å². The van der Waals surface area contributed by atoms with E-state index in [4.69, 9.17) is 10.3 Å². The number of rotatable bonds is 9.